The first-order valence-corrected chi connectivity index (χ1v) is 32.9. The molecular weight excluding hydrogens is 1310 g/mol. The van der Waals surface area contributed by atoms with Crippen LogP contribution in [0.4, 0.5) is 0 Å². The summed E-state index contributed by atoms with van der Waals surface area (Å²) in [6.45, 7) is 17.4. The molecule has 6 rings (SSSR count). The van der Waals surface area contributed by atoms with E-state index in [4.69, 9.17) is 75.9 Å². The molecule has 102 heavy (non-hydrogen) atoms. The van der Waals surface area contributed by atoms with Crippen LogP contribution in [0.2, 0.25) is 0 Å². The van der Waals surface area contributed by atoms with Crippen LogP contribution >= 0.6 is 0 Å². The molecule has 1 unspecified atom stereocenters. The third-order valence-corrected chi connectivity index (χ3v) is 13.8. The molecule has 0 amide bonds. The molecule has 0 radical (unpaired) electrons. The number of hydrogen-bond acceptors (Lipinski definition) is 25. The van der Waals surface area contributed by atoms with Crippen molar-refractivity contribution in [3.8, 4) is 28.7 Å². The number of phenols is 5. The molecule has 22 N–H and O–H groups in total. The van der Waals surface area contributed by atoms with Crippen molar-refractivity contribution in [3.05, 3.63) is 185 Å². The Morgan fingerprint density at radius 3 is 1.01 bits per heavy atom. The van der Waals surface area contributed by atoms with Gasteiger partial charge in [-0.3, -0.25) is 43.2 Å². The molecule has 0 aromatic heterocycles. The molecule has 0 fully saturated rings. The molecule has 0 heterocycles. The van der Waals surface area contributed by atoms with Gasteiger partial charge in [0.2, 0.25) is 0 Å². The first kappa shape index (κ1) is 99.0. The lowest BCUT2D eigenvalue weighted by atomic mass is 10.0. The molecule has 7 atom stereocenters. The van der Waals surface area contributed by atoms with Gasteiger partial charge in [0.1, 0.15) is 69.6 Å². The zero-order valence-corrected chi connectivity index (χ0v) is 60.9. The van der Waals surface area contributed by atoms with E-state index < -0.39 is 24.2 Å². The van der Waals surface area contributed by atoms with Crippen LogP contribution in [0.15, 0.2) is 152 Å². The summed E-state index contributed by atoms with van der Waals surface area (Å²) in [5, 5.41) is 70.9. The Hall–Kier alpha value is -9.38. The number of nitrogens with two attached hydrogens (primary N) is 7. The van der Waals surface area contributed by atoms with Crippen molar-refractivity contribution in [2.24, 2.45) is 40.1 Å². The minimum Gasteiger partial charge on any atom is -0.508 e. The van der Waals surface area contributed by atoms with Crippen LogP contribution in [-0.2, 0) is 46.4 Å². The first-order chi connectivity index (χ1) is 47.7. The number of unbranched alkanes of at least 4 members (excludes halogenated alkanes) is 2. The highest BCUT2D eigenvalue weighted by molar-refractivity contribution is 5.97. The summed E-state index contributed by atoms with van der Waals surface area (Å²) in [6.07, 6.45) is 6.21. The average molecular weight is 1420 g/mol. The predicted molar refractivity (Wildman–Crippen MR) is 398 cm³/mol. The number of Topliss-reactive ketones (excluding diaryl/α,β-unsaturated/α-hetero) is 10. The topological polar surface area (TPSA) is 515 Å². The summed E-state index contributed by atoms with van der Waals surface area (Å²) in [4.78, 5) is 106. The van der Waals surface area contributed by atoms with E-state index >= 15 is 0 Å². The lowest BCUT2D eigenvalue weighted by molar-refractivity contribution is -0.125. The molecule has 0 aliphatic heterocycles. The molecule has 0 bridgehead atoms. The number of benzene rings is 6. The number of aliphatic hydroxyl groups excluding tert-OH is 3. The fourth-order valence-corrected chi connectivity index (χ4v) is 7.09. The van der Waals surface area contributed by atoms with E-state index in [9.17, 15) is 53.1 Å². The predicted octanol–water partition coefficient (Wildman–Crippen LogP) is 7.49. The van der Waals surface area contributed by atoms with Crippen molar-refractivity contribution in [2.45, 2.75) is 183 Å². The minimum absolute atomic E-state index is 0.0139. The van der Waals surface area contributed by atoms with Gasteiger partial charge in [0.05, 0.1) is 48.5 Å². The van der Waals surface area contributed by atoms with Crippen molar-refractivity contribution in [1.29, 1.82) is 0 Å². The van der Waals surface area contributed by atoms with Gasteiger partial charge in [-0.2, -0.15) is 0 Å². The second kappa shape index (κ2) is 59.3. The smallest absolute Gasteiger partial charge is 0.163 e. The zero-order valence-electron chi connectivity index (χ0n) is 60.9. The first-order valence-electron chi connectivity index (χ1n) is 32.9. The highest BCUT2D eigenvalue weighted by Gasteiger charge is 2.13. The lowest BCUT2D eigenvalue weighted by Crippen LogP contribution is -2.31. The normalized spacial score (nSPS) is 11.8. The van der Waals surface area contributed by atoms with Gasteiger partial charge in [0.15, 0.2) is 23.1 Å². The van der Waals surface area contributed by atoms with Gasteiger partial charge in [-0.05, 0) is 224 Å². The zero-order chi connectivity index (χ0) is 79.0. The van der Waals surface area contributed by atoms with Crippen molar-refractivity contribution < 1.29 is 88.8 Å². The maximum absolute atomic E-state index is 10.8. The third kappa shape index (κ3) is 55.4. The van der Waals surface area contributed by atoms with Crippen LogP contribution in [0, 0.1) is 0 Å². The molecule has 0 saturated heterocycles. The van der Waals surface area contributed by atoms with Crippen molar-refractivity contribution >= 4 is 57.8 Å². The fourth-order valence-electron chi connectivity index (χ4n) is 7.09. The number of hydrogen-bond donors (Lipinski definition) is 15. The number of ketones is 10. The second-order valence-corrected chi connectivity index (χ2v) is 23.4. The summed E-state index contributed by atoms with van der Waals surface area (Å²) in [6, 6.07) is 39.1. The maximum Gasteiger partial charge on any atom is 0.163 e. The number of phenolic OH excluding ortho intramolecular Hbond substituents is 5. The van der Waals surface area contributed by atoms with Gasteiger partial charge in [-0.15, -0.1) is 0 Å². The number of aromatic hydroxyl groups is 5. The Bertz CT molecular complexity index is 3260. The van der Waals surface area contributed by atoms with Crippen LogP contribution < -0.4 is 40.1 Å². The minimum atomic E-state index is -0.962. The molecule has 25 nitrogen and oxygen atoms in total. The van der Waals surface area contributed by atoms with Gasteiger partial charge < -0.3 is 85.8 Å². The van der Waals surface area contributed by atoms with E-state index in [1.165, 1.54) is 99.6 Å². The second-order valence-electron chi connectivity index (χ2n) is 23.4. The highest BCUT2D eigenvalue weighted by atomic mass is 16.3. The molecule has 0 spiro atoms. The van der Waals surface area contributed by atoms with Crippen LogP contribution in [0.5, 0.6) is 28.7 Å². The Labute approximate surface area is 600 Å². The SMILES string of the molecule is CC(=O)CCC(C)O.CC(=O)[C@@H](N)CCCCN.CC(=O)[C@@H](N)CO.CC(=O)[C@@H](N)Cc1ccc(O)cc1.CC(=O)[C@H](N)CCCCN.CC(=O)[C@H](N)Cc1ccc(O)cc1.CC(=O)[C@H](O)c1ccccc1.CC(=O)c1ccc(O)cc1.CC(=O)c1cccc(O)c1.CC(=O)c1ccccc1O. The van der Waals surface area contributed by atoms with Crippen molar-refractivity contribution in [3.63, 3.8) is 0 Å². The molecular formula is C77H113N7O18. The Kier molecular flexibility index (Phi) is 57.6. The number of carbonyl (C=O) groups excluding carboxylic acids is 10. The van der Waals surface area contributed by atoms with Crippen molar-refractivity contribution in [2.75, 3.05) is 19.7 Å². The molecule has 0 saturated carbocycles. The summed E-state index contributed by atoms with van der Waals surface area (Å²) in [5.74, 6) is 0.516. The maximum atomic E-state index is 10.8. The average Bonchev–Trinajstić information content (AvgIpc) is 0.933. The van der Waals surface area contributed by atoms with E-state index in [1.54, 1.807) is 122 Å². The fraction of sp³-hybridized carbons (Fsp3) is 0.403. The number of carbonyl (C=O) groups is 10. The quantitative estimate of drug-likeness (QED) is 0.0185. The van der Waals surface area contributed by atoms with Crippen molar-refractivity contribution in [1.82, 2.24) is 0 Å². The standard InChI is InChI=1S/2C10H13NO2.C9H10O2.3C8H8O2.2C7H16N2O.C6H12O2.C4H9NO2/c2*1-7(12)10(11)6-8-2-4-9(13)5-3-8;1-7(10)9(11)8-5-3-2-4-6-8;1-6(9)7-2-4-8(10)5-3-7;1-6(9)7-3-2-4-8(10)5-7;1-6(9)7-4-2-3-5-8(7)10;2*1-6(10)7(9)4-2-3-5-8;1-5(7)3-4-6(2)8;1-3(7)4(5)2-6/h2*2-5,10,13H,6,11H2,1H3;2-6,9,11H,1H3;3*2-5,10H,1H3;2*7H,2-5,8-9H2,1H3;5,7H,3-4H2,1-2H3;4,6H,2,5H2,1H3/t2*10-;9-;;;;2*7-;;4-/m100...10.0/s1. The number of para-hydroxylation sites is 1. The highest BCUT2D eigenvalue weighted by Crippen LogP contribution is 2.17. The molecule has 564 valence electrons. The number of rotatable bonds is 26. The Morgan fingerprint density at radius 2 is 0.745 bits per heavy atom. The van der Waals surface area contributed by atoms with Gasteiger partial charge in [0, 0.05) is 17.5 Å². The lowest BCUT2D eigenvalue weighted by Gasteiger charge is -2.07. The van der Waals surface area contributed by atoms with E-state index in [2.05, 4.69) is 0 Å². The Morgan fingerprint density at radius 1 is 0.373 bits per heavy atom. The van der Waals surface area contributed by atoms with E-state index in [0.717, 1.165) is 49.7 Å². The van der Waals surface area contributed by atoms with Gasteiger partial charge in [0.25, 0.3) is 0 Å². The van der Waals surface area contributed by atoms with Crippen LogP contribution in [-0.4, -0.2) is 155 Å². The summed E-state index contributed by atoms with van der Waals surface area (Å²) in [5.41, 5.74) is 41.7. The summed E-state index contributed by atoms with van der Waals surface area (Å²) >= 11 is 0. The third-order valence-electron chi connectivity index (χ3n) is 13.8. The molecule has 6 aromatic carbocycles. The Balaban J connectivity index is -0.000000525. The molecule has 0 aliphatic carbocycles. The van der Waals surface area contributed by atoms with Gasteiger partial charge in [-0.25, -0.2) is 0 Å². The monoisotopic (exact) mass is 1420 g/mol. The van der Waals surface area contributed by atoms with Gasteiger partial charge in [-0.1, -0.05) is 91.7 Å². The molecule has 6 aromatic rings. The van der Waals surface area contributed by atoms with Crippen LogP contribution in [0.25, 0.3) is 0 Å². The molecule has 25 heteroatoms. The van der Waals surface area contributed by atoms with E-state index in [1.807, 2.05) is 6.07 Å². The van der Waals surface area contributed by atoms with E-state index in [-0.39, 0.29) is 111 Å². The van der Waals surface area contributed by atoms with Gasteiger partial charge >= 0.3 is 0 Å². The number of aliphatic hydroxyl groups is 3. The van der Waals surface area contributed by atoms with Crippen LogP contribution in [0.3, 0.4) is 0 Å². The summed E-state index contributed by atoms with van der Waals surface area (Å²) in [7, 11) is 0. The largest absolute Gasteiger partial charge is 0.508 e. The van der Waals surface area contributed by atoms with E-state index in [0.29, 0.717) is 61.0 Å². The molecule has 0 aliphatic rings. The summed E-state index contributed by atoms with van der Waals surface area (Å²) < 4.78 is 0. The van der Waals surface area contributed by atoms with Crippen LogP contribution in [0.1, 0.15) is 181 Å².